The second-order valence-electron chi connectivity index (χ2n) is 6.16. The molecule has 4 heteroatoms. The Kier molecular flexibility index (Phi) is 4.56. The number of aryl methyl sites for hydroxylation is 2. The van der Waals surface area contributed by atoms with Gasteiger partial charge in [-0.1, -0.05) is 31.4 Å². The van der Waals surface area contributed by atoms with Crippen LogP contribution in [0.1, 0.15) is 43.5 Å². The van der Waals surface area contributed by atoms with Crippen LogP contribution < -0.4 is 10.6 Å². The van der Waals surface area contributed by atoms with Crippen molar-refractivity contribution in [3.63, 3.8) is 0 Å². The van der Waals surface area contributed by atoms with Gasteiger partial charge in [0.15, 0.2) is 0 Å². The summed E-state index contributed by atoms with van der Waals surface area (Å²) in [6.45, 7) is 4.03. The standard InChI is InChI=1S/C18H24N4/c1-13-7-6-10-16(11-13)22-18-12-17(19-14(2)20-18)21-15-8-4-3-5-9-15/h6-7,10-12,15H,3-5,8-9H2,1-2H3,(H2,19,20,21,22). The van der Waals surface area contributed by atoms with Crippen molar-refractivity contribution >= 4 is 17.3 Å². The predicted molar refractivity (Wildman–Crippen MR) is 91.7 cm³/mol. The van der Waals surface area contributed by atoms with E-state index in [4.69, 9.17) is 0 Å². The lowest BCUT2D eigenvalue weighted by Crippen LogP contribution is -2.23. The van der Waals surface area contributed by atoms with Crippen LogP contribution in [0.2, 0.25) is 0 Å². The third-order valence-electron chi connectivity index (χ3n) is 4.09. The van der Waals surface area contributed by atoms with Crippen molar-refractivity contribution in [2.45, 2.75) is 52.0 Å². The zero-order chi connectivity index (χ0) is 15.4. The molecule has 0 atom stereocenters. The summed E-state index contributed by atoms with van der Waals surface area (Å²) >= 11 is 0. The molecule has 1 aliphatic rings. The zero-order valence-corrected chi connectivity index (χ0v) is 13.4. The fourth-order valence-electron chi connectivity index (χ4n) is 3.03. The molecule has 2 aromatic rings. The number of nitrogens with zero attached hydrogens (tertiary/aromatic N) is 2. The van der Waals surface area contributed by atoms with Gasteiger partial charge in [-0.15, -0.1) is 0 Å². The average molecular weight is 296 g/mol. The van der Waals surface area contributed by atoms with Gasteiger partial charge in [0, 0.05) is 17.8 Å². The van der Waals surface area contributed by atoms with E-state index in [1.165, 1.54) is 37.7 Å². The molecular weight excluding hydrogens is 272 g/mol. The summed E-state index contributed by atoms with van der Waals surface area (Å²) in [6, 6.07) is 10.9. The van der Waals surface area contributed by atoms with E-state index in [9.17, 15) is 0 Å². The highest BCUT2D eigenvalue weighted by molar-refractivity contribution is 5.60. The number of aromatic nitrogens is 2. The molecule has 0 spiro atoms. The molecule has 1 heterocycles. The van der Waals surface area contributed by atoms with Gasteiger partial charge in [0.1, 0.15) is 17.5 Å². The van der Waals surface area contributed by atoms with Crippen molar-refractivity contribution in [1.82, 2.24) is 9.97 Å². The van der Waals surface area contributed by atoms with Gasteiger partial charge in [-0.3, -0.25) is 0 Å². The van der Waals surface area contributed by atoms with E-state index in [2.05, 4.69) is 45.7 Å². The third kappa shape index (κ3) is 3.97. The van der Waals surface area contributed by atoms with E-state index >= 15 is 0 Å². The van der Waals surface area contributed by atoms with Crippen LogP contribution in [0.4, 0.5) is 17.3 Å². The first-order chi connectivity index (χ1) is 10.7. The van der Waals surface area contributed by atoms with Crippen LogP contribution in [0, 0.1) is 13.8 Å². The third-order valence-corrected chi connectivity index (χ3v) is 4.09. The molecule has 22 heavy (non-hydrogen) atoms. The van der Waals surface area contributed by atoms with Crippen LogP contribution in [-0.4, -0.2) is 16.0 Å². The number of hydrogen-bond acceptors (Lipinski definition) is 4. The van der Waals surface area contributed by atoms with Crippen molar-refractivity contribution in [3.8, 4) is 0 Å². The first kappa shape index (κ1) is 14.8. The van der Waals surface area contributed by atoms with Crippen molar-refractivity contribution < 1.29 is 0 Å². The Hall–Kier alpha value is -2.10. The summed E-state index contributed by atoms with van der Waals surface area (Å²) in [5.74, 6) is 2.56. The molecule has 1 aromatic carbocycles. The van der Waals surface area contributed by atoms with Crippen molar-refractivity contribution in [1.29, 1.82) is 0 Å². The highest BCUT2D eigenvalue weighted by atomic mass is 15.1. The smallest absolute Gasteiger partial charge is 0.136 e. The SMILES string of the molecule is Cc1cccc(Nc2cc(NC3CCCCC3)nc(C)n2)c1. The zero-order valence-electron chi connectivity index (χ0n) is 13.4. The van der Waals surface area contributed by atoms with Gasteiger partial charge in [-0.05, 0) is 44.4 Å². The number of nitrogens with one attached hydrogen (secondary N) is 2. The predicted octanol–water partition coefficient (Wildman–Crippen LogP) is 4.58. The minimum Gasteiger partial charge on any atom is -0.367 e. The van der Waals surface area contributed by atoms with Crippen molar-refractivity contribution in [2.24, 2.45) is 0 Å². The number of benzene rings is 1. The lowest BCUT2D eigenvalue weighted by molar-refractivity contribution is 0.462. The minimum absolute atomic E-state index is 0.551. The topological polar surface area (TPSA) is 49.8 Å². The summed E-state index contributed by atoms with van der Waals surface area (Å²) in [5.41, 5.74) is 2.29. The fraction of sp³-hybridized carbons (Fsp3) is 0.444. The molecule has 0 saturated heterocycles. The minimum atomic E-state index is 0.551. The molecule has 3 rings (SSSR count). The van der Waals surface area contributed by atoms with Gasteiger partial charge in [-0.2, -0.15) is 0 Å². The lowest BCUT2D eigenvalue weighted by Gasteiger charge is -2.23. The maximum atomic E-state index is 4.52. The highest BCUT2D eigenvalue weighted by Gasteiger charge is 2.14. The quantitative estimate of drug-likeness (QED) is 0.867. The second kappa shape index (κ2) is 6.77. The van der Waals surface area contributed by atoms with Gasteiger partial charge in [0.25, 0.3) is 0 Å². The van der Waals surface area contributed by atoms with Gasteiger partial charge < -0.3 is 10.6 Å². The van der Waals surface area contributed by atoms with Crippen LogP contribution >= 0.6 is 0 Å². The van der Waals surface area contributed by atoms with Gasteiger partial charge >= 0.3 is 0 Å². The largest absolute Gasteiger partial charge is 0.367 e. The molecule has 0 aliphatic heterocycles. The van der Waals surface area contributed by atoms with E-state index < -0.39 is 0 Å². The number of hydrogen-bond donors (Lipinski definition) is 2. The Bertz CT molecular complexity index is 633. The van der Waals surface area contributed by atoms with E-state index in [-0.39, 0.29) is 0 Å². The monoisotopic (exact) mass is 296 g/mol. The first-order valence-electron chi connectivity index (χ1n) is 8.15. The molecule has 1 aliphatic carbocycles. The van der Waals surface area contributed by atoms with Gasteiger partial charge in [-0.25, -0.2) is 9.97 Å². The molecule has 2 N–H and O–H groups in total. The second-order valence-corrected chi connectivity index (χ2v) is 6.16. The molecule has 116 valence electrons. The average Bonchev–Trinajstić information content (AvgIpc) is 2.47. The summed E-state index contributed by atoms with van der Waals surface area (Å²) < 4.78 is 0. The Balaban J connectivity index is 1.74. The molecular formula is C18H24N4. The normalized spacial score (nSPS) is 15.5. The first-order valence-corrected chi connectivity index (χ1v) is 8.15. The maximum absolute atomic E-state index is 4.52. The Labute approximate surface area is 132 Å². The number of rotatable bonds is 4. The Morgan fingerprint density at radius 1 is 0.955 bits per heavy atom. The Morgan fingerprint density at radius 2 is 1.73 bits per heavy atom. The molecule has 1 saturated carbocycles. The molecule has 0 amide bonds. The van der Waals surface area contributed by atoms with Crippen LogP contribution in [-0.2, 0) is 0 Å². The van der Waals surface area contributed by atoms with Crippen LogP contribution in [0.3, 0.4) is 0 Å². The fourth-order valence-corrected chi connectivity index (χ4v) is 3.03. The van der Waals surface area contributed by atoms with Gasteiger partial charge in [0.2, 0.25) is 0 Å². The van der Waals surface area contributed by atoms with E-state index in [0.717, 1.165) is 23.1 Å². The summed E-state index contributed by atoms with van der Waals surface area (Å²) in [5, 5.41) is 6.94. The molecule has 1 aromatic heterocycles. The summed E-state index contributed by atoms with van der Waals surface area (Å²) in [4.78, 5) is 9.01. The highest BCUT2D eigenvalue weighted by Crippen LogP contribution is 2.23. The van der Waals surface area contributed by atoms with Crippen LogP contribution in [0.15, 0.2) is 30.3 Å². The summed E-state index contributed by atoms with van der Waals surface area (Å²) in [6.07, 6.45) is 6.47. The Morgan fingerprint density at radius 3 is 2.50 bits per heavy atom. The molecule has 1 fully saturated rings. The van der Waals surface area contributed by atoms with Gasteiger partial charge in [0.05, 0.1) is 0 Å². The van der Waals surface area contributed by atoms with Crippen LogP contribution in [0.5, 0.6) is 0 Å². The van der Waals surface area contributed by atoms with Crippen LogP contribution in [0.25, 0.3) is 0 Å². The lowest BCUT2D eigenvalue weighted by atomic mass is 9.95. The summed E-state index contributed by atoms with van der Waals surface area (Å²) in [7, 11) is 0. The molecule has 4 nitrogen and oxygen atoms in total. The number of anilines is 3. The molecule has 0 radical (unpaired) electrons. The van der Waals surface area contributed by atoms with E-state index in [0.29, 0.717) is 6.04 Å². The van der Waals surface area contributed by atoms with E-state index in [1.54, 1.807) is 0 Å². The van der Waals surface area contributed by atoms with Crippen molar-refractivity contribution in [2.75, 3.05) is 10.6 Å². The van der Waals surface area contributed by atoms with E-state index in [1.807, 2.05) is 19.1 Å². The van der Waals surface area contributed by atoms with Crippen molar-refractivity contribution in [3.05, 3.63) is 41.7 Å². The molecule has 0 unspecified atom stereocenters. The molecule has 0 bridgehead atoms. The maximum Gasteiger partial charge on any atom is 0.136 e.